The predicted octanol–water partition coefficient (Wildman–Crippen LogP) is 4.87. The van der Waals surface area contributed by atoms with E-state index in [4.69, 9.17) is 0 Å². The van der Waals surface area contributed by atoms with E-state index < -0.39 is 0 Å². The summed E-state index contributed by atoms with van der Waals surface area (Å²) >= 11 is 0. The van der Waals surface area contributed by atoms with Crippen LogP contribution in [0.1, 0.15) is 51.5 Å². The Labute approximate surface area is 136 Å². The molecule has 2 aliphatic rings. The first-order valence-corrected chi connectivity index (χ1v) is 8.62. The summed E-state index contributed by atoms with van der Waals surface area (Å²) in [5, 5.41) is 0. The van der Waals surface area contributed by atoms with E-state index in [2.05, 4.69) is 19.9 Å². The molecule has 120 valence electrons. The Morgan fingerprint density at radius 1 is 1.09 bits per heavy atom. The smallest absolute Gasteiger partial charge is 0.200 e. The summed E-state index contributed by atoms with van der Waals surface area (Å²) in [6, 6.07) is 10.5. The largest absolute Gasteiger partial charge is 0.360 e. The van der Waals surface area contributed by atoms with E-state index in [1.807, 2.05) is 18.2 Å². The lowest BCUT2D eigenvalue weighted by molar-refractivity contribution is -0.761. The SMILES string of the molecule is CCCCC12CC1(CC)[n+]1c(F)ccc(F)c1-c1ccccc12. The standard InChI is InChI=1S/C20H22F2N/c1-3-5-12-19-13-20(19,4-2)23-17(22)11-10-16(21)18(23)14-8-6-7-9-15(14)19/h6-11H,3-5,12-13H2,1-2H3/q+1. The van der Waals surface area contributed by atoms with Crippen LogP contribution in [-0.4, -0.2) is 0 Å². The second kappa shape index (κ2) is 4.86. The molecule has 0 amide bonds. The number of pyridine rings is 1. The van der Waals surface area contributed by atoms with Crippen LogP contribution in [0.15, 0.2) is 36.4 Å². The van der Waals surface area contributed by atoms with Crippen LogP contribution < -0.4 is 4.57 Å². The quantitative estimate of drug-likeness (QED) is 0.560. The minimum Gasteiger partial charge on any atom is -0.200 e. The molecule has 0 bridgehead atoms. The molecule has 0 spiro atoms. The third-order valence-corrected chi connectivity index (χ3v) is 6.06. The van der Waals surface area contributed by atoms with Gasteiger partial charge in [0.2, 0.25) is 0 Å². The van der Waals surface area contributed by atoms with Crippen LogP contribution in [0, 0.1) is 11.8 Å². The van der Waals surface area contributed by atoms with Gasteiger partial charge in [-0.3, -0.25) is 0 Å². The fourth-order valence-corrected chi connectivity index (χ4v) is 4.93. The van der Waals surface area contributed by atoms with E-state index in [1.54, 1.807) is 4.57 Å². The van der Waals surface area contributed by atoms with Gasteiger partial charge in [-0.15, -0.1) is 4.39 Å². The van der Waals surface area contributed by atoms with Crippen molar-refractivity contribution in [3.05, 3.63) is 53.7 Å². The zero-order valence-corrected chi connectivity index (χ0v) is 13.7. The number of rotatable bonds is 4. The first-order valence-electron chi connectivity index (χ1n) is 8.62. The van der Waals surface area contributed by atoms with Crippen molar-refractivity contribution in [3.63, 3.8) is 0 Å². The Balaban J connectivity index is 2.04. The number of hydrogen-bond acceptors (Lipinski definition) is 0. The van der Waals surface area contributed by atoms with Crippen LogP contribution in [0.25, 0.3) is 11.3 Å². The molecule has 1 aliphatic heterocycles. The number of unbranched alkanes of at least 4 members (excludes halogenated alkanes) is 1. The van der Waals surface area contributed by atoms with Crippen LogP contribution in [0.2, 0.25) is 0 Å². The summed E-state index contributed by atoms with van der Waals surface area (Å²) < 4.78 is 31.0. The van der Waals surface area contributed by atoms with E-state index in [0.29, 0.717) is 5.69 Å². The Hall–Kier alpha value is -1.77. The van der Waals surface area contributed by atoms with Gasteiger partial charge in [-0.1, -0.05) is 44.9 Å². The van der Waals surface area contributed by atoms with Crippen LogP contribution in [0.5, 0.6) is 0 Å². The first-order chi connectivity index (χ1) is 11.1. The van der Waals surface area contributed by atoms with Gasteiger partial charge in [-0.25, -0.2) is 0 Å². The molecule has 1 aromatic heterocycles. The average Bonchev–Trinajstić information content (AvgIpc) is 3.26. The molecule has 1 aromatic carbocycles. The minimum absolute atomic E-state index is 0.0410. The van der Waals surface area contributed by atoms with Gasteiger partial charge in [-0.05, 0) is 24.1 Å². The van der Waals surface area contributed by atoms with E-state index in [-0.39, 0.29) is 22.7 Å². The molecule has 2 unspecified atom stereocenters. The third-order valence-electron chi connectivity index (χ3n) is 6.06. The molecule has 1 fully saturated rings. The highest BCUT2D eigenvalue weighted by atomic mass is 19.1. The normalized spacial score (nSPS) is 27.1. The number of benzene rings is 1. The second-order valence-corrected chi connectivity index (χ2v) is 6.98. The number of aromatic nitrogens is 1. The van der Waals surface area contributed by atoms with E-state index in [1.165, 1.54) is 17.7 Å². The van der Waals surface area contributed by atoms with Gasteiger partial charge in [0.1, 0.15) is 0 Å². The van der Waals surface area contributed by atoms with Crippen LogP contribution in [-0.2, 0) is 11.0 Å². The van der Waals surface area contributed by atoms with Crippen molar-refractivity contribution in [2.45, 2.75) is 56.9 Å². The molecule has 4 rings (SSSR count). The van der Waals surface area contributed by atoms with E-state index in [9.17, 15) is 8.78 Å². The molecule has 2 aromatic rings. The number of fused-ring (bicyclic) bond motifs is 6. The van der Waals surface area contributed by atoms with Gasteiger partial charge >= 0.3 is 5.95 Å². The molecule has 1 nitrogen and oxygen atoms in total. The Bertz CT molecular complexity index is 785. The molecule has 0 saturated heterocycles. The Morgan fingerprint density at radius 2 is 1.87 bits per heavy atom. The minimum atomic E-state index is -0.331. The fraction of sp³-hybridized carbons (Fsp3) is 0.450. The van der Waals surface area contributed by atoms with E-state index >= 15 is 0 Å². The summed E-state index contributed by atoms with van der Waals surface area (Å²) in [6.07, 6.45) is 5.00. The summed E-state index contributed by atoms with van der Waals surface area (Å²) in [5.74, 6) is -0.654. The maximum absolute atomic E-state index is 14.7. The molecule has 1 aliphatic carbocycles. The lowest BCUT2D eigenvalue weighted by atomic mass is 9.78. The van der Waals surface area contributed by atoms with Gasteiger partial charge in [0.05, 0.1) is 11.0 Å². The van der Waals surface area contributed by atoms with Crippen molar-refractivity contribution >= 4 is 0 Å². The Kier molecular flexibility index (Phi) is 3.13. The van der Waals surface area contributed by atoms with Crippen molar-refractivity contribution in [2.75, 3.05) is 0 Å². The second-order valence-electron chi connectivity index (χ2n) is 6.98. The molecule has 1 saturated carbocycles. The molecule has 23 heavy (non-hydrogen) atoms. The van der Waals surface area contributed by atoms with Crippen LogP contribution >= 0.6 is 0 Å². The highest BCUT2D eigenvalue weighted by Crippen LogP contribution is 2.68. The number of nitrogens with zero attached hydrogens (tertiary/aromatic N) is 1. The van der Waals surface area contributed by atoms with Crippen LogP contribution in [0.4, 0.5) is 8.78 Å². The predicted molar refractivity (Wildman–Crippen MR) is 86.1 cm³/mol. The molecular formula is C20H22F2N+. The lowest BCUT2D eigenvalue weighted by Gasteiger charge is -2.29. The van der Waals surface area contributed by atoms with Gasteiger partial charge in [0.25, 0.3) is 5.69 Å². The summed E-state index contributed by atoms with van der Waals surface area (Å²) in [6.45, 7) is 4.28. The van der Waals surface area contributed by atoms with Gasteiger partial charge in [-0.2, -0.15) is 8.96 Å². The zero-order valence-electron chi connectivity index (χ0n) is 13.7. The Morgan fingerprint density at radius 3 is 2.61 bits per heavy atom. The van der Waals surface area contributed by atoms with E-state index in [0.717, 1.165) is 37.7 Å². The van der Waals surface area contributed by atoms with Crippen molar-refractivity contribution in [2.24, 2.45) is 0 Å². The van der Waals surface area contributed by atoms with Crippen molar-refractivity contribution in [1.29, 1.82) is 0 Å². The monoisotopic (exact) mass is 314 g/mol. The zero-order chi connectivity index (χ0) is 16.2. The first kappa shape index (κ1) is 14.8. The maximum atomic E-state index is 14.7. The number of halogens is 2. The van der Waals surface area contributed by atoms with Gasteiger partial charge < -0.3 is 0 Å². The molecule has 2 atom stereocenters. The summed E-state index contributed by atoms with van der Waals surface area (Å²) in [7, 11) is 0. The molecule has 3 heteroatoms. The highest BCUT2D eigenvalue weighted by molar-refractivity contribution is 5.68. The lowest BCUT2D eigenvalue weighted by Crippen LogP contribution is -2.58. The van der Waals surface area contributed by atoms with Crippen molar-refractivity contribution in [1.82, 2.24) is 0 Å². The molecule has 0 N–H and O–H groups in total. The average molecular weight is 314 g/mol. The maximum Gasteiger partial charge on any atom is 0.360 e. The third kappa shape index (κ3) is 1.68. The number of hydrogen-bond donors (Lipinski definition) is 0. The fourth-order valence-electron chi connectivity index (χ4n) is 4.93. The summed E-state index contributed by atoms with van der Waals surface area (Å²) in [4.78, 5) is 0. The molecule has 2 heterocycles. The molecular weight excluding hydrogens is 292 g/mol. The topological polar surface area (TPSA) is 3.88 Å². The van der Waals surface area contributed by atoms with Crippen molar-refractivity contribution < 1.29 is 13.3 Å². The summed E-state index contributed by atoms with van der Waals surface area (Å²) in [5.41, 5.74) is 2.15. The highest BCUT2D eigenvalue weighted by Gasteiger charge is 2.78. The van der Waals surface area contributed by atoms with Crippen LogP contribution in [0.3, 0.4) is 0 Å². The van der Waals surface area contributed by atoms with Gasteiger partial charge in [0, 0.05) is 18.9 Å². The van der Waals surface area contributed by atoms with Crippen molar-refractivity contribution in [3.8, 4) is 11.3 Å². The van der Waals surface area contributed by atoms with Gasteiger partial charge in [0.15, 0.2) is 11.4 Å². The molecule has 0 radical (unpaired) electrons.